The lowest BCUT2D eigenvalue weighted by atomic mass is 10.1. The van der Waals surface area contributed by atoms with E-state index in [1.807, 2.05) is 32.9 Å². The average molecular weight is 631 g/mol. The monoisotopic (exact) mass is 629 g/mol. The minimum atomic E-state index is -4.14. The van der Waals surface area contributed by atoms with Gasteiger partial charge in [0.1, 0.15) is 12.6 Å². The van der Waals surface area contributed by atoms with Gasteiger partial charge in [0.15, 0.2) is 0 Å². The Hall–Kier alpha value is -3.07. The Kier molecular flexibility index (Phi) is 10.2. The molecule has 0 saturated heterocycles. The molecule has 224 valence electrons. The van der Waals surface area contributed by atoms with Crippen LogP contribution in [-0.4, -0.2) is 43.8 Å². The summed E-state index contributed by atoms with van der Waals surface area (Å²) in [6, 6.07) is 16.0. The summed E-state index contributed by atoms with van der Waals surface area (Å²) >= 11 is 12.6. The third-order valence-corrected chi connectivity index (χ3v) is 10.1. The predicted octanol–water partition coefficient (Wildman–Crippen LogP) is 6.59. The van der Waals surface area contributed by atoms with Crippen LogP contribution >= 0.6 is 23.2 Å². The van der Waals surface area contributed by atoms with E-state index in [0.717, 1.165) is 41.1 Å². The molecular formula is C32H37Cl2N3O4S. The van der Waals surface area contributed by atoms with Gasteiger partial charge in [-0.2, -0.15) is 0 Å². The second-order valence-electron chi connectivity index (χ2n) is 11.0. The lowest BCUT2D eigenvalue weighted by molar-refractivity contribution is -0.139. The maximum atomic E-state index is 14.2. The van der Waals surface area contributed by atoms with Gasteiger partial charge in [0.25, 0.3) is 10.0 Å². The molecule has 7 nitrogen and oxygen atoms in total. The highest BCUT2D eigenvalue weighted by Crippen LogP contribution is 2.29. The van der Waals surface area contributed by atoms with E-state index in [1.165, 1.54) is 17.0 Å². The van der Waals surface area contributed by atoms with Crippen molar-refractivity contribution in [2.24, 2.45) is 0 Å². The standard InChI is InChI=1S/C32H37Cl2N3O4S/c1-21-9-14-28(15-10-21)42(40,41)37(30-16-11-22(2)17-23(30)3)20-31(38)36(19-25-12-13-26(33)18-29(25)34)24(4)32(39)35-27-7-5-6-8-27/h9-18,24,27H,5-8,19-20H2,1-4H3,(H,35,39). The Morgan fingerprint density at radius 2 is 1.57 bits per heavy atom. The number of amides is 2. The summed E-state index contributed by atoms with van der Waals surface area (Å²) < 4.78 is 29.3. The van der Waals surface area contributed by atoms with Crippen LogP contribution in [-0.2, 0) is 26.2 Å². The summed E-state index contributed by atoms with van der Waals surface area (Å²) in [5, 5.41) is 3.86. The summed E-state index contributed by atoms with van der Waals surface area (Å²) in [6.45, 7) is 6.75. The zero-order valence-corrected chi connectivity index (χ0v) is 26.7. The Morgan fingerprint density at radius 3 is 2.19 bits per heavy atom. The number of carbonyl (C=O) groups excluding carboxylic acids is 2. The number of carbonyl (C=O) groups is 2. The van der Waals surface area contributed by atoms with Crippen LogP contribution in [0.1, 0.15) is 54.9 Å². The van der Waals surface area contributed by atoms with Crippen molar-refractivity contribution in [1.29, 1.82) is 0 Å². The number of hydrogen-bond donors (Lipinski definition) is 1. The SMILES string of the molecule is Cc1ccc(S(=O)(=O)N(CC(=O)N(Cc2ccc(Cl)cc2Cl)C(C)C(=O)NC2CCCC2)c2ccc(C)cc2C)cc1. The Morgan fingerprint density at radius 1 is 0.929 bits per heavy atom. The van der Waals surface area contributed by atoms with Crippen LogP contribution in [0.15, 0.2) is 65.6 Å². The Labute approximate surface area is 258 Å². The third-order valence-electron chi connectivity index (χ3n) is 7.73. The third kappa shape index (κ3) is 7.46. The molecular weight excluding hydrogens is 593 g/mol. The fraction of sp³-hybridized carbons (Fsp3) is 0.375. The average Bonchev–Trinajstić information content (AvgIpc) is 3.44. The zero-order chi connectivity index (χ0) is 30.6. The largest absolute Gasteiger partial charge is 0.352 e. The number of halogens is 2. The molecule has 1 aliphatic carbocycles. The highest BCUT2D eigenvalue weighted by molar-refractivity contribution is 7.92. The lowest BCUT2D eigenvalue weighted by Gasteiger charge is -2.33. The smallest absolute Gasteiger partial charge is 0.264 e. The van der Waals surface area contributed by atoms with Crippen LogP contribution in [0.5, 0.6) is 0 Å². The van der Waals surface area contributed by atoms with Gasteiger partial charge < -0.3 is 10.2 Å². The maximum absolute atomic E-state index is 14.2. The Bertz CT molecular complexity index is 1550. The van der Waals surface area contributed by atoms with Gasteiger partial charge >= 0.3 is 0 Å². The molecule has 4 rings (SSSR count). The molecule has 2 amide bonds. The molecule has 0 heterocycles. The van der Waals surface area contributed by atoms with Crippen molar-refractivity contribution in [2.45, 2.75) is 76.9 Å². The fourth-order valence-corrected chi connectivity index (χ4v) is 7.19. The van der Waals surface area contributed by atoms with E-state index in [0.29, 0.717) is 26.9 Å². The van der Waals surface area contributed by atoms with E-state index in [9.17, 15) is 18.0 Å². The number of hydrogen-bond acceptors (Lipinski definition) is 4. The highest BCUT2D eigenvalue weighted by atomic mass is 35.5. The predicted molar refractivity (Wildman–Crippen MR) is 168 cm³/mol. The highest BCUT2D eigenvalue weighted by Gasteiger charge is 2.34. The molecule has 0 aliphatic heterocycles. The van der Waals surface area contributed by atoms with Crippen LogP contribution < -0.4 is 9.62 Å². The molecule has 0 radical (unpaired) electrons. The number of rotatable bonds is 10. The summed E-state index contributed by atoms with van der Waals surface area (Å²) in [5.74, 6) is -0.828. The van der Waals surface area contributed by atoms with Gasteiger partial charge in [-0.3, -0.25) is 13.9 Å². The normalized spacial score (nSPS) is 14.4. The molecule has 0 aromatic heterocycles. The number of sulfonamides is 1. The molecule has 1 saturated carbocycles. The molecule has 1 N–H and O–H groups in total. The molecule has 0 bridgehead atoms. The first-order valence-electron chi connectivity index (χ1n) is 14.1. The molecule has 1 aliphatic rings. The van der Waals surface area contributed by atoms with Crippen molar-refractivity contribution in [3.63, 3.8) is 0 Å². The molecule has 1 atom stereocenters. The van der Waals surface area contributed by atoms with E-state index in [1.54, 1.807) is 43.3 Å². The van der Waals surface area contributed by atoms with E-state index in [-0.39, 0.29) is 23.4 Å². The molecule has 0 spiro atoms. The number of benzene rings is 3. The van der Waals surface area contributed by atoms with E-state index >= 15 is 0 Å². The van der Waals surface area contributed by atoms with E-state index in [2.05, 4.69) is 5.32 Å². The molecule has 10 heteroatoms. The van der Waals surface area contributed by atoms with Crippen LogP contribution in [0.2, 0.25) is 10.0 Å². The first-order valence-corrected chi connectivity index (χ1v) is 16.3. The number of aryl methyl sites for hydroxylation is 3. The Balaban J connectivity index is 1.73. The van der Waals surface area contributed by atoms with Gasteiger partial charge in [0.05, 0.1) is 10.6 Å². The topological polar surface area (TPSA) is 86.8 Å². The van der Waals surface area contributed by atoms with Gasteiger partial charge in [-0.25, -0.2) is 8.42 Å². The lowest BCUT2D eigenvalue weighted by Crippen LogP contribution is -2.52. The van der Waals surface area contributed by atoms with Crippen molar-refractivity contribution < 1.29 is 18.0 Å². The van der Waals surface area contributed by atoms with Crippen LogP contribution in [0.25, 0.3) is 0 Å². The molecule has 42 heavy (non-hydrogen) atoms. The molecule has 3 aromatic rings. The van der Waals surface area contributed by atoms with Gasteiger partial charge in [-0.05, 0) is 82.0 Å². The number of nitrogens with zero attached hydrogens (tertiary/aromatic N) is 2. The fourth-order valence-electron chi connectivity index (χ4n) is 5.24. The van der Waals surface area contributed by atoms with Crippen LogP contribution in [0, 0.1) is 20.8 Å². The molecule has 3 aromatic carbocycles. The van der Waals surface area contributed by atoms with Crippen molar-refractivity contribution >= 4 is 50.7 Å². The van der Waals surface area contributed by atoms with Gasteiger partial charge in [0, 0.05) is 22.6 Å². The second kappa shape index (κ2) is 13.5. The van der Waals surface area contributed by atoms with Gasteiger partial charge in [0.2, 0.25) is 11.8 Å². The summed E-state index contributed by atoms with van der Waals surface area (Å²) in [7, 11) is -4.14. The zero-order valence-electron chi connectivity index (χ0n) is 24.4. The number of anilines is 1. The van der Waals surface area contributed by atoms with Crippen molar-refractivity contribution in [1.82, 2.24) is 10.2 Å². The summed E-state index contributed by atoms with van der Waals surface area (Å²) in [4.78, 5) is 29.0. The van der Waals surface area contributed by atoms with Crippen molar-refractivity contribution in [3.05, 3.63) is 93.0 Å². The van der Waals surface area contributed by atoms with Gasteiger partial charge in [-0.1, -0.05) is 77.5 Å². The first-order chi connectivity index (χ1) is 19.9. The summed E-state index contributed by atoms with van der Waals surface area (Å²) in [5.41, 5.74) is 3.57. The first kappa shape index (κ1) is 31.9. The summed E-state index contributed by atoms with van der Waals surface area (Å²) in [6.07, 6.45) is 3.88. The number of nitrogens with one attached hydrogen (secondary N) is 1. The van der Waals surface area contributed by atoms with Crippen molar-refractivity contribution in [3.8, 4) is 0 Å². The van der Waals surface area contributed by atoms with Crippen LogP contribution in [0.4, 0.5) is 5.69 Å². The molecule has 1 unspecified atom stereocenters. The quantitative estimate of drug-likeness (QED) is 0.274. The van der Waals surface area contributed by atoms with E-state index in [4.69, 9.17) is 23.2 Å². The second-order valence-corrected chi connectivity index (χ2v) is 13.7. The van der Waals surface area contributed by atoms with Crippen LogP contribution in [0.3, 0.4) is 0 Å². The minimum absolute atomic E-state index is 0.000607. The van der Waals surface area contributed by atoms with Gasteiger partial charge in [-0.15, -0.1) is 0 Å². The minimum Gasteiger partial charge on any atom is -0.352 e. The van der Waals surface area contributed by atoms with E-state index < -0.39 is 28.5 Å². The maximum Gasteiger partial charge on any atom is 0.264 e. The molecule has 1 fully saturated rings. The van der Waals surface area contributed by atoms with Crippen molar-refractivity contribution in [2.75, 3.05) is 10.8 Å².